The first-order valence-corrected chi connectivity index (χ1v) is 6.70. The minimum absolute atomic E-state index is 0.0265. The molecule has 0 aliphatic carbocycles. The van der Waals surface area contributed by atoms with Crippen LogP contribution in [0, 0.1) is 0 Å². The predicted molar refractivity (Wildman–Crippen MR) is 72.8 cm³/mol. The molecule has 1 heterocycles. The predicted octanol–water partition coefficient (Wildman–Crippen LogP) is 0.546. The van der Waals surface area contributed by atoms with Crippen molar-refractivity contribution in [2.75, 3.05) is 33.7 Å². The van der Waals surface area contributed by atoms with Crippen molar-refractivity contribution < 1.29 is 9.59 Å². The zero-order valence-corrected chi connectivity index (χ0v) is 11.5. The molecule has 0 saturated heterocycles. The highest BCUT2D eigenvalue weighted by atomic mass is 32.1. The molecule has 100 valence electrons. The van der Waals surface area contributed by atoms with Gasteiger partial charge >= 0.3 is 0 Å². The van der Waals surface area contributed by atoms with E-state index >= 15 is 0 Å². The molecule has 1 aromatic rings. The maximum atomic E-state index is 11.5. The summed E-state index contributed by atoms with van der Waals surface area (Å²) < 4.78 is 0. The summed E-state index contributed by atoms with van der Waals surface area (Å²) in [4.78, 5) is 25.6. The Bertz CT molecular complexity index is 377. The molecule has 0 saturated carbocycles. The Labute approximate surface area is 111 Å². The summed E-state index contributed by atoms with van der Waals surface area (Å²) in [6.45, 7) is 1.59. The first-order valence-electron chi connectivity index (χ1n) is 5.82. The van der Waals surface area contributed by atoms with Gasteiger partial charge in [0.25, 0.3) is 5.91 Å². The summed E-state index contributed by atoms with van der Waals surface area (Å²) in [6.07, 6.45) is 0.900. The van der Waals surface area contributed by atoms with Crippen LogP contribution in [0.1, 0.15) is 16.1 Å². The summed E-state index contributed by atoms with van der Waals surface area (Å²) >= 11 is 1.36. The van der Waals surface area contributed by atoms with E-state index in [0.29, 0.717) is 11.4 Å². The molecule has 0 bridgehead atoms. The minimum atomic E-state index is -0.201. The molecule has 0 spiro atoms. The lowest BCUT2D eigenvalue weighted by Gasteiger charge is -2.10. The molecule has 2 N–H and O–H groups in total. The average molecular weight is 269 g/mol. The lowest BCUT2D eigenvalue weighted by Crippen LogP contribution is -2.37. The van der Waals surface area contributed by atoms with Gasteiger partial charge in [-0.25, -0.2) is 0 Å². The molecule has 0 aliphatic rings. The molecule has 0 aromatic carbocycles. The van der Waals surface area contributed by atoms with E-state index in [-0.39, 0.29) is 18.4 Å². The molecular formula is C12H19N3O2S. The molecule has 1 rings (SSSR count). The molecule has 0 radical (unpaired) electrons. The highest BCUT2D eigenvalue weighted by Crippen LogP contribution is 2.07. The van der Waals surface area contributed by atoms with E-state index in [1.165, 1.54) is 11.3 Å². The zero-order chi connectivity index (χ0) is 13.4. The van der Waals surface area contributed by atoms with Gasteiger partial charge in [-0.1, -0.05) is 6.07 Å². The Morgan fingerprint density at radius 1 is 1.33 bits per heavy atom. The number of amides is 2. The number of nitrogens with zero attached hydrogens (tertiary/aromatic N) is 1. The highest BCUT2D eigenvalue weighted by Gasteiger charge is 2.07. The summed E-state index contributed by atoms with van der Waals surface area (Å²) in [5, 5.41) is 7.17. The molecule has 0 fully saturated rings. The van der Waals surface area contributed by atoms with Gasteiger partial charge in [-0.3, -0.25) is 9.59 Å². The van der Waals surface area contributed by atoms with Crippen LogP contribution in [-0.2, 0) is 4.79 Å². The second-order valence-corrected chi connectivity index (χ2v) is 5.11. The Balaban J connectivity index is 2.12. The number of hydrogen-bond donors (Lipinski definition) is 2. The molecule has 6 heteroatoms. The Morgan fingerprint density at radius 2 is 2.11 bits per heavy atom. The molecular weight excluding hydrogens is 250 g/mol. The van der Waals surface area contributed by atoms with Crippen LogP contribution in [0.5, 0.6) is 0 Å². The van der Waals surface area contributed by atoms with Gasteiger partial charge in [0.15, 0.2) is 0 Å². The van der Waals surface area contributed by atoms with E-state index in [1.54, 1.807) is 12.1 Å². The fourth-order valence-corrected chi connectivity index (χ4v) is 1.98. The standard InChI is InChI=1S/C12H19N3O2S/c1-15(2)7-4-6-13-11(16)9-14-12(17)10-5-3-8-18-10/h3,5,8H,4,6-7,9H2,1-2H3,(H,13,16)(H,14,17). The number of nitrogens with one attached hydrogen (secondary N) is 2. The van der Waals surface area contributed by atoms with Gasteiger partial charge in [-0.2, -0.15) is 0 Å². The fourth-order valence-electron chi connectivity index (χ4n) is 1.34. The molecule has 0 atom stereocenters. The summed E-state index contributed by atoms with van der Waals surface area (Å²) in [6, 6.07) is 3.54. The second kappa shape index (κ2) is 7.84. The first-order chi connectivity index (χ1) is 8.59. The smallest absolute Gasteiger partial charge is 0.261 e. The fraction of sp³-hybridized carbons (Fsp3) is 0.500. The number of hydrogen-bond acceptors (Lipinski definition) is 4. The van der Waals surface area contributed by atoms with Crippen LogP contribution in [0.3, 0.4) is 0 Å². The van der Waals surface area contributed by atoms with Crippen LogP contribution >= 0.6 is 11.3 Å². The van der Waals surface area contributed by atoms with Crippen LogP contribution in [0.15, 0.2) is 17.5 Å². The van der Waals surface area contributed by atoms with Gasteiger partial charge in [-0.05, 0) is 38.5 Å². The van der Waals surface area contributed by atoms with E-state index in [4.69, 9.17) is 0 Å². The number of carbonyl (C=O) groups is 2. The number of carbonyl (C=O) groups excluding carboxylic acids is 2. The minimum Gasteiger partial charge on any atom is -0.355 e. The Hall–Kier alpha value is -1.40. The molecule has 5 nitrogen and oxygen atoms in total. The normalized spacial score (nSPS) is 10.4. The Morgan fingerprint density at radius 3 is 2.72 bits per heavy atom. The van der Waals surface area contributed by atoms with Crippen LogP contribution in [0.4, 0.5) is 0 Å². The van der Waals surface area contributed by atoms with Gasteiger partial charge in [0.05, 0.1) is 11.4 Å². The van der Waals surface area contributed by atoms with Crippen molar-refractivity contribution >= 4 is 23.2 Å². The third-order valence-corrected chi connectivity index (χ3v) is 3.13. The van der Waals surface area contributed by atoms with Crippen molar-refractivity contribution in [3.63, 3.8) is 0 Å². The molecule has 0 aliphatic heterocycles. The van der Waals surface area contributed by atoms with Crippen LogP contribution in [0.2, 0.25) is 0 Å². The van der Waals surface area contributed by atoms with Crippen LogP contribution in [0.25, 0.3) is 0 Å². The van der Waals surface area contributed by atoms with Crippen LogP contribution < -0.4 is 10.6 Å². The topological polar surface area (TPSA) is 61.4 Å². The van der Waals surface area contributed by atoms with Crippen molar-refractivity contribution in [2.24, 2.45) is 0 Å². The second-order valence-electron chi connectivity index (χ2n) is 4.17. The van der Waals surface area contributed by atoms with Crippen LogP contribution in [-0.4, -0.2) is 50.4 Å². The molecule has 0 unspecified atom stereocenters. The number of rotatable bonds is 7. The Kier molecular flexibility index (Phi) is 6.38. The van der Waals surface area contributed by atoms with Gasteiger partial charge in [0.2, 0.25) is 5.91 Å². The largest absolute Gasteiger partial charge is 0.355 e. The maximum Gasteiger partial charge on any atom is 0.261 e. The average Bonchev–Trinajstić information content (AvgIpc) is 2.85. The van der Waals surface area contributed by atoms with Gasteiger partial charge in [0, 0.05) is 6.54 Å². The lowest BCUT2D eigenvalue weighted by molar-refractivity contribution is -0.120. The quantitative estimate of drug-likeness (QED) is 0.711. The van der Waals surface area contributed by atoms with E-state index in [9.17, 15) is 9.59 Å². The third-order valence-electron chi connectivity index (χ3n) is 2.26. The molecule has 2 amide bonds. The van der Waals surface area contributed by atoms with Crippen molar-refractivity contribution in [3.8, 4) is 0 Å². The summed E-state index contributed by atoms with van der Waals surface area (Å²) in [7, 11) is 3.98. The lowest BCUT2D eigenvalue weighted by atomic mass is 10.4. The molecule has 1 aromatic heterocycles. The van der Waals surface area contributed by atoms with Gasteiger partial charge in [0.1, 0.15) is 0 Å². The SMILES string of the molecule is CN(C)CCCNC(=O)CNC(=O)c1cccs1. The van der Waals surface area contributed by atoms with Crippen molar-refractivity contribution in [2.45, 2.75) is 6.42 Å². The number of thiophene rings is 1. The van der Waals surface area contributed by atoms with E-state index < -0.39 is 0 Å². The summed E-state index contributed by atoms with van der Waals surface area (Å²) in [5.41, 5.74) is 0. The molecule has 18 heavy (non-hydrogen) atoms. The van der Waals surface area contributed by atoms with Crippen molar-refractivity contribution in [1.29, 1.82) is 0 Å². The van der Waals surface area contributed by atoms with Crippen molar-refractivity contribution in [3.05, 3.63) is 22.4 Å². The zero-order valence-electron chi connectivity index (χ0n) is 10.7. The summed E-state index contributed by atoms with van der Waals surface area (Å²) in [5.74, 6) is -0.355. The monoisotopic (exact) mass is 269 g/mol. The van der Waals surface area contributed by atoms with Crippen molar-refractivity contribution in [1.82, 2.24) is 15.5 Å². The third kappa shape index (κ3) is 5.79. The van der Waals surface area contributed by atoms with E-state index in [0.717, 1.165) is 13.0 Å². The maximum absolute atomic E-state index is 11.5. The highest BCUT2D eigenvalue weighted by molar-refractivity contribution is 7.12. The first kappa shape index (κ1) is 14.7. The van der Waals surface area contributed by atoms with Gasteiger partial charge in [-0.15, -0.1) is 11.3 Å². The van der Waals surface area contributed by atoms with Gasteiger partial charge < -0.3 is 15.5 Å². The van der Waals surface area contributed by atoms with E-state index in [2.05, 4.69) is 15.5 Å². The van der Waals surface area contributed by atoms with E-state index in [1.807, 2.05) is 19.5 Å².